The van der Waals surface area contributed by atoms with Crippen LogP contribution in [-0.2, 0) is 9.53 Å². The van der Waals surface area contributed by atoms with E-state index >= 15 is 0 Å². The van der Waals surface area contributed by atoms with Gasteiger partial charge in [0.05, 0.1) is 32.3 Å². The van der Waals surface area contributed by atoms with Crippen molar-refractivity contribution in [2.45, 2.75) is 12.0 Å². The lowest BCUT2D eigenvalue weighted by Gasteiger charge is -2.41. The second-order valence-corrected chi connectivity index (χ2v) is 4.60. The van der Waals surface area contributed by atoms with Gasteiger partial charge in [-0.1, -0.05) is 6.07 Å². The molecule has 0 aliphatic carbocycles. The normalized spacial score (nSPS) is 16.3. The van der Waals surface area contributed by atoms with E-state index in [9.17, 15) is 9.59 Å². The molecule has 0 radical (unpaired) electrons. The van der Waals surface area contributed by atoms with Crippen LogP contribution in [0.15, 0.2) is 24.3 Å². The van der Waals surface area contributed by atoms with E-state index in [1.165, 1.54) is 7.11 Å². The van der Waals surface area contributed by atoms with Crippen LogP contribution in [0.4, 0.5) is 0 Å². The monoisotopic (exact) mass is 264 g/mol. The molecule has 1 aliphatic rings. The number of amides is 2. The predicted molar refractivity (Wildman–Crippen MR) is 67.8 cm³/mol. The summed E-state index contributed by atoms with van der Waals surface area (Å²) in [6, 6.07) is 6.79. The van der Waals surface area contributed by atoms with E-state index < -0.39 is 11.4 Å². The molecule has 1 aliphatic heterocycles. The van der Waals surface area contributed by atoms with Gasteiger partial charge in [0.15, 0.2) is 0 Å². The number of carbonyl (C=O) groups is 2. The van der Waals surface area contributed by atoms with Crippen molar-refractivity contribution in [3.63, 3.8) is 0 Å². The molecule has 0 atom stereocenters. The van der Waals surface area contributed by atoms with Crippen LogP contribution >= 0.6 is 0 Å². The number of hydrogen-bond donors (Lipinski definition) is 2. The third kappa shape index (κ3) is 3.03. The third-order valence-electron chi connectivity index (χ3n) is 2.98. The Labute approximate surface area is 110 Å². The largest absolute Gasteiger partial charge is 0.497 e. The molecular formula is C13H16N2O4. The lowest BCUT2D eigenvalue weighted by atomic mass is 9.92. The average Bonchev–Trinajstić information content (AvgIpc) is 2.35. The molecule has 0 aromatic heterocycles. The van der Waals surface area contributed by atoms with Gasteiger partial charge in [0.2, 0.25) is 5.91 Å². The van der Waals surface area contributed by atoms with Crippen molar-refractivity contribution in [3.8, 4) is 5.75 Å². The standard InChI is InChI=1S/C13H16N2O4/c1-18-10-4-2-3-9(5-10)12(17)15-13(6-11(14)16)7-19-8-13/h2-5H,6-8H2,1H3,(H2,14,16)(H,15,17). The number of nitrogens with one attached hydrogen (secondary N) is 1. The van der Waals surface area contributed by atoms with Crippen LogP contribution in [0.5, 0.6) is 5.75 Å². The number of carbonyl (C=O) groups excluding carboxylic acids is 2. The SMILES string of the molecule is COc1cccc(C(=O)NC2(CC(N)=O)COC2)c1. The fraction of sp³-hybridized carbons (Fsp3) is 0.385. The zero-order valence-electron chi connectivity index (χ0n) is 10.6. The zero-order valence-corrected chi connectivity index (χ0v) is 10.6. The van der Waals surface area contributed by atoms with Gasteiger partial charge in [-0.25, -0.2) is 0 Å². The molecule has 1 saturated heterocycles. The van der Waals surface area contributed by atoms with E-state index in [0.29, 0.717) is 24.5 Å². The molecule has 0 bridgehead atoms. The van der Waals surface area contributed by atoms with Crippen molar-refractivity contribution in [1.82, 2.24) is 5.32 Å². The molecule has 3 N–H and O–H groups in total. The highest BCUT2D eigenvalue weighted by Gasteiger charge is 2.41. The van der Waals surface area contributed by atoms with Crippen LogP contribution in [0, 0.1) is 0 Å². The van der Waals surface area contributed by atoms with Gasteiger partial charge in [0.1, 0.15) is 5.75 Å². The van der Waals surface area contributed by atoms with Crippen LogP contribution in [0.2, 0.25) is 0 Å². The Bertz CT molecular complexity index is 497. The van der Waals surface area contributed by atoms with E-state index in [-0.39, 0.29) is 12.3 Å². The van der Waals surface area contributed by atoms with Gasteiger partial charge < -0.3 is 20.5 Å². The zero-order chi connectivity index (χ0) is 13.9. The molecule has 2 amide bonds. The second kappa shape index (κ2) is 5.27. The maximum atomic E-state index is 12.1. The number of benzene rings is 1. The highest BCUT2D eigenvalue weighted by atomic mass is 16.5. The van der Waals surface area contributed by atoms with Gasteiger partial charge in [-0.05, 0) is 18.2 Å². The summed E-state index contributed by atoms with van der Waals surface area (Å²) in [7, 11) is 1.53. The molecule has 0 spiro atoms. The number of primary amides is 1. The Hall–Kier alpha value is -2.08. The average molecular weight is 264 g/mol. The Morgan fingerprint density at radius 2 is 2.21 bits per heavy atom. The minimum absolute atomic E-state index is 0.0721. The molecule has 1 aromatic carbocycles. The summed E-state index contributed by atoms with van der Waals surface area (Å²) in [5.74, 6) is -0.140. The van der Waals surface area contributed by atoms with E-state index in [1.54, 1.807) is 24.3 Å². The van der Waals surface area contributed by atoms with Crippen molar-refractivity contribution in [2.24, 2.45) is 5.73 Å². The molecule has 0 unspecified atom stereocenters. The van der Waals surface area contributed by atoms with Gasteiger partial charge >= 0.3 is 0 Å². The van der Waals surface area contributed by atoms with Gasteiger partial charge in [-0.2, -0.15) is 0 Å². The molecule has 1 aromatic rings. The van der Waals surface area contributed by atoms with E-state index in [4.69, 9.17) is 15.2 Å². The number of ether oxygens (including phenoxy) is 2. The number of methoxy groups -OCH3 is 1. The molecular weight excluding hydrogens is 248 g/mol. The second-order valence-electron chi connectivity index (χ2n) is 4.60. The summed E-state index contributed by atoms with van der Waals surface area (Å²) in [5, 5.41) is 2.81. The molecule has 6 heteroatoms. The quantitative estimate of drug-likeness (QED) is 0.787. The molecule has 102 valence electrons. The van der Waals surface area contributed by atoms with E-state index in [0.717, 1.165) is 0 Å². The maximum absolute atomic E-state index is 12.1. The van der Waals surface area contributed by atoms with Crippen molar-refractivity contribution in [1.29, 1.82) is 0 Å². The highest BCUT2D eigenvalue weighted by molar-refractivity contribution is 5.95. The topological polar surface area (TPSA) is 90.6 Å². The summed E-state index contributed by atoms with van der Waals surface area (Å²) in [4.78, 5) is 23.1. The van der Waals surface area contributed by atoms with Gasteiger partial charge in [-0.15, -0.1) is 0 Å². The lowest BCUT2D eigenvalue weighted by molar-refractivity contribution is -0.127. The third-order valence-corrected chi connectivity index (χ3v) is 2.98. The molecule has 1 fully saturated rings. The number of hydrogen-bond acceptors (Lipinski definition) is 4. The number of rotatable bonds is 5. The Kier molecular flexibility index (Phi) is 3.71. The Morgan fingerprint density at radius 1 is 1.47 bits per heavy atom. The van der Waals surface area contributed by atoms with Crippen LogP contribution in [0.3, 0.4) is 0 Å². The van der Waals surface area contributed by atoms with Crippen molar-refractivity contribution in [3.05, 3.63) is 29.8 Å². The highest BCUT2D eigenvalue weighted by Crippen LogP contribution is 2.22. The van der Waals surface area contributed by atoms with Crippen LogP contribution in [0.25, 0.3) is 0 Å². The smallest absolute Gasteiger partial charge is 0.252 e. The number of nitrogens with two attached hydrogens (primary N) is 1. The van der Waals surface area contributed by atoms with Gasteiger partial charge in [-0.3, -0.25) is 9.59 Å². The summed E-state index contributed by atoms with van der Waals surface area (Å²) in [6.45, 7) is 0.595. The first kappa shape index (κ1) is 13.4. The summed E-state index contributed by atoms with van der Waals surface area (Å²) in [5.41, 5.74) is 4.98. The predicted octanol–water partition coefficient (Wildman–Crippen LogP) is 0.0694. The maximum Gasteiger partial charge on any atom is 0.252 e. The molecule has 0 saturated carbocycles. The fourth-order valence-electron chi connectivity index (χ4n) is 1.98. The minimum Gasteiger partial charge on any atom is -0.497 e. The molecule has 1 heterocycles. The first-order valence-electron chi connectivity index (χ1n) is 5.87. The lowest BCUT2D eigenvalue weighted by Crippen LogP contribution is -2.63. The molecule has 2 rings (SSSR count). The van der Waals surface area contributed by atoms with Crippen molar-refractivity contribution >= 4 is 11.8 Å². The first-order chi connectivity index (χ1) is 9.04. The summed E-state index contributed by atoms with van der Waals surface area (Å²) < 4.78 is 10.1. The van der Waals surface area contributed by atoms with Crippen molar-refractivity contribution in [2.75, 3.05) is 20.3 Å². The minimum atomic E-state index is -0.675. The Balaban J connectivity index is 2.09. The van der Waals surface area contributed by atoms with Crippen LogP contribution < -0.4 is 15.8 Å². The van der Waals surface area contributed by atoms with Crippen LogP contribution in [-0.4, -0.2) is 37.7 Å². The van der Waals surface area contributed by atoms with Crippen LogP contribution in [0.1, 0.15) is 16.8 Å². The molecule has 6 nitrogen and oxygen atoms in total. The summed E-state index contributed by atoms with van der Waals surface area (Å²) >= 11 is 0. The molecule has 19 heavy (non-hydrogen) atoms. The summed E-state index contributed by atoms with van der Waals surface area (Å²) in [6.07, 6.45) is 0.0721. The van der Waals surface area contributed by atoms with Gasteiger partial charge in [0.25, 0.3) is 5.91 Å². The van der Waals surface area contributed by atoms with E-state index in [2.05, 4.69) is 5.32 Å². The van der Waals surface area contributed by atoms with Gasteiger partial charge in [0, 0.05) is 5.56 Å². The first-order valence-corrected chi connectivity index (χ1v) is 5.87. The Morgan fingerprint density at radius 3 is 2.74 bits per heavy atom. The van der Waals surface area contributed by atoms with E-state index in [1.807, 2.05) is 0 Å². The fourth-order valence-corrected chi connectivity index (χ4v) is 1.98. The van der Waals surface area contributed by atoms with Crippen molar-refractivity contribution < 1.29 is 19.1 Å².